The van der Waals surface area contributed by atoms with Crippen LogP contribution in [0.4, 0.5) is 0 Å². The van der Waals surface area contributed by atoms with Crippen LogP contribution in [0.1, 0.15) is 37.3 Å². The zero-order valence-corrected chi connectivity index (χ0v) is 12.2. The molecule has 102 valence electrons. The molecule has 0 bridgehead atoms. The van der Waals surface area contributed by atoms with Gasteiger partial charge in [0.2, 0.25) is 0 Å². The molecule has 0 aliphatic carbocycles. The number of ether oxygens (including phenoxy) is 1. The molecule has 1 aromatic heterocycles. The molecule has 0 saturated heterocycles. The molecule has 2 aromatic rings. The zero-order chi connectivity index (χ0) is 14.0. The second kappa shape index (κ2) is 5.23. The van der Waals surface area contributed by atoms with Crippen molar-refractivity contribution in [3.8, 4) is 11.5 Å². The lowest BCUT2D eigenvalue weighted by Gasteiger charge is -2.22. The highest BCUT2D eigenvalue weighted by Gasteiger charge is 2.17. The molecule has 1 heterocycles. The predicted molar refractivity (Wildman–Crippen MR) is 78.8 cm³/mol. The third-order valence-electron chi connectivity index (χ3n) is 2.61. The summed E-state index contributed by atoms with van der Waals surface area (Å²) in [5.41, 5.74) is 6.60. The molecule has 0 aliphatic heterocycles. The lowest BCUT2D eigenvalue weighted by atomic mass is 10.0. The highest BCUT2D eigenvalue weighted by molar-refractivity contribution is 7.10. The fourth-order valence-corrected chi connectivity index (χ4v) is 2.57. The number of hydrogen-bond donors (Lipinski definition) is 2. The van der Waals surface area contributed by atoms with E-state index in [2.05, 4.69) is 0 Å². The Morgan fingerprint density at radius 1 is 1.26 bits per heavy atom. The molecule has 0 spiro atoms. The molecule has 0 unspecified atom stereocenters. The van der Waals surface area contributed by atoms with E-state index < -0.39 is 0 Å². The molecule has 0 saturated carbocycles. The van der Waals surface area contributed by atoms with Gasteiger partial charge in [0.1, 0.15) is 17.1 Å². The van der Waals surface area contributed by atoms with Crippen LogP contribution in [-0.4, -0.2) is 10.7 Å². The van der Waals surface area contributed by atoms with E-state index in [4.69, 9.17) is 10.5 Å². The quantitative estimate of drug-likeness (QED) is 0.899. The molecule has 4 heteroatoms. The fraction of sp³-hybridized carbons (Fsp3) is 0.333. The molecule has 0 amide bonds. The normalized spacial score (nSPS) is 13.3. The van der Waals surface area contributed by atoms with Crippen LogP contribution in [0.15, 0.2) is 35.7 Å². The lowest BCUT2D eigenvalue weighted by molar-refractivity contribution is 0.130. The van der Waals surface area contributed by atoms with Gasteiger partial charge in [-0.2, -0.15) is 0 Å². The minimum absolute atomic E-state index is 0.196. The molecule has 3 N–H and O–H groups in total. The predicted octanol–water partition coefficient (Wildman–Crippen LogP) is 3.68. The summed E-state index contributed by atoms with van der Waals surface area (Å²) in [6, 6.07) is 8.78. The Morgan fingerprint density at radius 3 is 2.58 bits per heavy atom. The van der Waals surface area contributed by atoms with Gasteiger partial charge >= 0.3 is 0 Å². The first-order chi connectivity index (χ1) is 8.87. The Hall–Kier alpha value is -1.52. The van der Waals surface area contributed by atoms with Crippen molar-refractivity contribution >= 4 is 11.3 Å². The Labute approximate surface area is 117 Å². The molecule has 1 atom stereocenters. The fourth-order valence-electron chi connectivity index (χ4n) is 1.82. The van der Waals surface area contributed by atoms with E-state index in [-0.39, 0.29) is 17.4 Å². The minimum Gasteiger partial charge on any atom is -0.508 e. The Morgan fingerprint density at radius 2 is 2.00 bits per heavy atom. The maximum atomic E-state index is 9.97. The average molecular weight is 277 g/mol. The van der Waals surface area contributed by atoms with E-state index >= 15 is 0 Å². The van der Waals surface area contributed by atoms with Crippen LogP contribution in [0.2, 0.25) is 0 Å². The number of thiophene rings is 1. The standard InChI is InChI=1S/C15H19NO2S/c1-15(2,3)18-10-6-7-12(17)11(9-10)14(16)13-5-4-8-19-13/h4-9,14,17H,16H2,1-3H3/t14-/m0/s1. The summed E-state index contributed by atoms with van der Waals surface area (Å²) < 4.78 is 5.80. The molecule has 2 rings (SSSR count). The van der Waals surface area contributed by atoms with Crippen LogP contribution in [0, 0.1) is 0 Å². The SMILES string of the molecule is CC(C)(C)Oc1ccc(O)c([C@H](N)c2cccs2)c1. The number of phenolic OH excluding ortho intramolecular Hbond substituents is 1. The highest BCUT2D eigenvalue weighted by atomic mass is 32.1. The lowest BCUT2D eigenvalue weighted by Crippen LogP contribution is -2.23. The van der Waals surface area contributed by atoms with Crippen molar-refractivity contribution < 1.29 is 9.84 Å². The van der Waals surface area contributed by atoms with Gasteiger partial charge < -0.3 is 15.6 Å². The number of aromatic hydroxyl groups is 1. The Balaban J connectivity index is 2.32. The summed E-state index contributed by atoms with van der Waals surface area (Å²) in [6.45, 7) is 5.95. The van der Waals surface area contributed by atoms with E-state index in [0.717, 1.165) is 4.88 Å². The number of rotatable bonds is 3. The van der Waals surface area contributed by atoms with E-state index in [0.29, 0.717) is 11.3 Å². The van der Waals surface area contributed by atoms with Crippen molar-refractivity contribution in [2.24, 2.45) is 5.73 Å². The van der Waals surface area contributed by atoms with Gasteiger partial charge in [0.15, 0.2) is 0 Å². The van der Waals surface area contributed by atoms with Crippen molar-refractivity contribution in [2.45, 2.75) is 32.4 Å². The summed E-state index contributed by atoms with van der Waals surface area (Å²) in [4.78, 5) is 1.02. The van der Waals surface area contributed by atoms with E-state index in [1.165, 1.54) is 0 Å². The van der Waals surface area contributed by atoms with Gasteiger partial charge in [-0.25, -0.2) is 0 Å². The van der Waals surface area contributed by atoms with Crippen molar-refractivity contribution in [3.05, 3.63) is 46.2 Å². The molecule has 1 aromatic carbocycles. The largest absolute Gasteiger partial charge is 0.508 e. The topological polar surface area (TPSA) is 55.5 Å². The molecule has 3 nitrogen and oxygen atoms in total. The second-order valence-corrected chi connectivity index (χ2v) is 6.41. The monoisotopic (exact) mass is 277 g/mol. The Kier molecular flexibility index (Phi) is 3.83. The first-order valence-corrected chi connectivity index (χ1v) is 7.06. The summed E-state index contributed by atoms with van der Waals surface area (Å²) in [5, 5.41) is 11.9. The van der Waals surface area contributed by atoms with Gasteiger partial charge in [-0.3, -0.25) is 0 Å². The number of hydrogen-bond acceptors (Lipinski definition) is 4. The molecular formula is C15H19NO2S. The third-order valence-corrected chi connectivity index (χ3v) is 3.56. The number of nitrogens with two attached hydrogens (primary N) is 1. The van der Waals surface area contributed by atoms with Crippen molar-refractivity contribution in [1.82, 2.24) is 0 Å². The smallest absolute Gasteiger partial charge is 0.120 e. The number of phenols is 1. The highest BCUT2D eigenvalue weighted by Crippen LogP contribution is 2.33. The first kappa shape index (κ1) is 13.9. The van der Waals surface area contributed by atoms with Gasteiger partial charge in [0.25, 0.3) is 0 Å². The average Bonchev–Trinajstić information content (AvgIpc) is 2.82. The van der Waals surface area contributed by atoms with Gasteiger partial charge in [0, 0.05) is 10.4 Å². The molecule has 0 aliphatic rings. The van der Waals surface area contributed by atoms with E-state index in [1.54, 1.807) is 23.5 Å². The van der Waals surface area contributed by atoms with Crippen molar-refractivity contribution in [3.63, 3.8) is 0 Å². The van der Waals surface area contributed by atoms with Crippen molar-refractivity contribution in [2.75, 3.05) is 0 Å². The molecule has 19 heavy (non-hydrogen) atoms. The Bertz CT molecular complexity index is 544. The first-order valence-electron chi connectivity index (χ1n) is 6.18. The van der Waals surface area contributed by atoms with Crippen LogP contribution >= 0.6 is 11.3 Å². The maximum Gasteiger partial charge on any atom is 0.120 e. The van der Waals surface area contributed by atoms with Gasteiger partial charge in [-0.1, -0.05) is 6.07 Å². The van der Waals surface area contributed by atoms with Crippen LogP contribution in [-0.2, 0) is 0 Å². The third kappa shape index (κ3) is 3.49. The van der Waals surface area contributed by atoms with Crippen LogP contribution < -0.4 is 10.5 Å². The van der Waals surface area contributed by atoms with E-state index in [9.17, 15) is 5.11 Å². The van der Waals surface area contributed by atoms with Crippen molar-refractivity contribution in [1.29, 1.82) is 0 Å². The van der Waals surface area contributed by atoms with Crippen LogP contribution in [0.3, 0.4) is 0 Å². The second-order valence-electron chi connectivity index (χ2n) is 5.43. The molecule has 0 radical (unpaired) electrons. The molecule has 0 fully saturated rings. The van der Waals surface area contributed by atoms with Crippen LogP contribution in [0.25, 0.3) is 0 Å². The maximum absolute atomic E-state index is 9.97. The summed E-state index contributed by atoms with van der Waals surface area (Å²) >= 11 is 1.58. The van der Waals surface area contributed by atoms with Gasteiger partial charge in [-0.15, -0.1) is 11.3 Å². The molecular weight excluding hydrogens is 258 g/mol. The van der Waals surface area contributed by atoms with E-state index in [1.807, 2.05) is 44.4 Å². The van der Waals surface area contributed by atoms with Gasteiger partial charge in [0.05, 0.1) is 6.04 Å². The van der Waals surface area contributed by atoms with Gasteiger partial charge in [-0.05, 0) is 50.4 Å². The zero-order valence-electron chi connectivity index (χ0n) is 11.4. The summed E-state index contributed by atoms with van der Waals surface area (Å²) in [7, 11) is 0. The minimum atomic E-state index is -0.330. The summed E-state index contributed by atoms with van der Waals surface area (Å²) in [6.07, 6.45) is 0. The van der Waals surface area contributed by atoms with Crippen LogP contribution in [0.5, 0.6) is 11.5 Å². The summed E-state index contributed by atoms with van der Waals surface area (Å²) in [5.74, 6) is 0.912. The number of benzene rings is 1.